The lowest BCUT2D eigenvalue weighted by Crippen LogP contribution is -2.35. The Kier molecular flexibility index (Phi) is 3.34. The third kappa shape index (κ3) is 2.97. The molecule has 0 saturated heterocycles. The summed E-state index contributed by atoms with van der Waals surface area (Å²) in [4.78, 5) is 22.0. The van der Waals surface area contributed by atoms with Crippen LogP contribution in [0.1, 0.15) is 10.4 Å². The molecule has 7 nitrogen and oxygen atoms in total. The molecule has 0 aromatic heterocycles. The molecule has 1 atom stereocenters. The minimum absolute atomic E-state index is 0.0924. The molecule has 0 spiro atoms. The van der Waals surface area contributed by atoms with E-state index in [1.165, 1.54) is 30.3 Å². The molecule has 1 unspecified atom stereocenters. The van der Waals surface area contributed by atoms with Gasteiger partial charge < -0.3 is 5.32 Å². The van der Waals surface area contributed by atoms with Crippen LogP contribution in [0.5, 0.6) is 0 Å². The zero-order chi connectivity index (χ0) is 14.0. The van der Waals surface area contributed by atoms with E-state index in [0.29, 0.717) is 0 Å². The lowest BCUT2D eigenvalue weighted by atomic mass is 10.1. The van der Waals surface area contributed by atoms with Crippen LogP contribution in [-0.2, 0) is 9.84 Å². The molecular weight excluding hydrogens is 272 g/mol. The van der Waals surface area contributed by atoms with E-state index in [4.69, 9.17) is 0 Å². The number of nitrogens with one attached hydrogen (secondary N) is 1. The maximum absolute atomic E-state index is 11.9. The summed E-state index contributed by atoms with van der Waals surface area (Å²) < 4.78 is 22.4. The Balaban J connectivity index is 2.18. The fourth-order valence-corrected chi connectivity index (χ4v) is 2.97. The van der Waals surface area contributed by atoms with E-state index in [0.717, 1.165) is 5.41 Å². The smallest absolute Gasteiger partial charge is 0.282 e. The van der Waals surface area contributed by atoms with E-state index in [9.17, 15) is 23.3 Å². The van der Waals surface area contributed by atoms with Crippen molar-refractivity contribution in [1.29, 1.82) is 0 Å². The molecule has 1 N–H and O–H groups in total. The molecule has 8 heteroatoms. The predicted molar refractivity (Wildman–Crippen MR) is 67.3 cm³/mol. The summed E-state index contributed by atoms with van der Waals surface area (Å²) in [5.74, 6) is -0.890. The number of carbonyl (C=O) groups is 1. The first-order chi connectivity index (χ1) is 8.89. The van der Waals surface area contributed by atoms with Gasteiger partial charge in [0.05, 0.1) is 16.7 Å². The van der Waals surface area contributed by atoms with Gasteiger partial charge >= 0.3 is 0 Å². The van der Waals surface area contributed by atoms with Crippen molar-refractivity contribution in [3.05, 3.63) is 51.4 Å². The van der Waals surface area contributed by atoms with Gasteiger partial charge in [-0.25, -0.2) is 8.42 Å². The van der Waals surface area contributed by atoms with Crippen molar-refractivity contribution in [2.75, 3.05) is 5.75 Å². The van der Waals surface area contributed by atoms with Crippen molar-refractivity contribution in [2.24, 2.45) is 0 Å². The van der Waals surface area contributed by atoms with Gasteiger partial charge in [-0.15, -0.1) is 0 Å². The molecule has 0 fully saturated rings. The fourth-order valence-electron chi connectivity index (χ4n) is 1.74. The zero-order valence-corrected chi connectivity index (χ0v) is 10.5. The highest BCUT2D eigenvalue weighted by Gasteiger charge is 2.26. The molecule has 1 amide bonds. The summed E-state index contributed by atoms with van der Waals surface area (Å²) in [5.41, 5.74) is -0.407. The Bertz CT molecular complexity index is 665. The second-order valence-electron chi connectivity index (χ2n) is 4.01. The number of carbonyl (C=O) groups excluding carboxylic acids is 1. The Hall–Kier alpha value is -2.22. The molecule has 0 saturated carbocycles. The monoisotopic (exact) mass is 282 g/mol. The standard InChI is InChI=1S/C11H10N2O5S/c14-11(12-8-5-6-19(17,18)7-8)9-3-1-2-4-10(9)13(15)16/h1-6,8H,7H2,(H,12,14). The van der Waals surface area contributed by atoms with Gasteiger partial charge in [-0.3, -0.25) is 14.9 Å². The Labute approximate surface area is 109 Å². The van der Waals surface area contributed by atoms with Gasteiger partial charge in [0.2, 0.25) is 0 Å². The second-order valence-corrected chi connectivity index (χ2v) is 5.94. The van der Waals surface area contributed by atoms with Crippen molar-refractivity contribution in [3.63, 3.8) is 0 Å². The lowest BCUT2D eigenvalue weighted by Gasteiger charge is -2.09. The van der Waals surface area contributed by atoms with E-state index in [1.807, 2.05) is 0 Å². The second kappa shape index (κ2) is 4.81. The number of sulfone groups is 1. The summed E-state index contributed by atoms with van der Waals surface area (Å²) >= 11 is 0. The van der Waals surface area contributed by atoms with Crippen molar-refractivity contribution >= 4 is 21.4 Å². The van der Waals surface area contributed by atoms with Crippen LogP contribution in [0.25, 0.3) is 0 Å². The highest BCUT2D eigenvalue weighted by molar-refractivity contribution is 7.94. The Morgan fingerprint density at radius 3 is 2.63 bits per heavy atom. The molecule has 0 radical (unpaired) electrons. The maximum Gasteiger partial charge on any atom is 0.282 e. The van der Waals surface area contributed by atoms with Crippen LogP contribution in [0.4, 0.5) is 5.69 Å². The molecule has 1 heterocycles. The Morgan fingerprint density at radius 2 is 2.05 bits per heavy atom. The van der Waals surface area contributed by atoms with E-state index < -0.39 is 26.7 Å². The number of hydrogen-bond acceptors (Lipinski definition) is 5. The lowest BCUT2D eigenvalue weighted by molar-refractivity contribution is -0.385. The average Bonchev–Trinajstić information content (AvgIpc) is 2.68. The van der Waals surface area contributed by atoms with Crippen LogP contribution in [-0.4, -0.2) is 31.0 Å². The van der Waals surface area contributed by atoms with Crippen LogP contribution in [0, 0.1) is 10.1 Å². The van der Waals surface area contributed by atoms with Crippen LogP contribution in [0.15, 0.2) is 35.7 Å². The van der Waals surface area contributed by atoms with Gasteiger partial charge in [-0.1, -0.05) is 12.1 Å². The molecule has 1 aliphatic rings. The van der Waals surface area contributed by atoms with E-state index >= 15 is 0 Å². The number of nitro benzene ring substituents is 1. The SMILES string of the molecule is O=C(NC1C=CS(=O)(=O)C1)c1ccccc1[N+](=O)[O-]. The number of benzene rings is 1. The quantitative estimate of drug-likeness (QED) is 0.646. The van der Waals surface area contributed by atoms with Gasteiger partial charge in [0.15, 0.2) is 9.84 Å². The van der Waals surface area contributed by atoms with Gasteiger partial charge in [0.25, 0.3) is 11.6 Å². The molecule has 0 aliphatic carbocycles. The topological polar surface area (TPSA) is 106 Å². The summed E-state index contributed by atoms with van der Waals surface area (Å²) in [6, 6.07) is 4.84. The maximum atomic E-state index is 11.9. The zero-order valence-electron chi connectivity index (χ0n) is 9.65. The average molecular weight is 282 g/mol. The van der Waals surface area contributed by atoms with Crippen LogP contribution >= 0.6 is 0 Å². The van der Waals surface area contributed by atoms with E-state index in [1.54, 1.807) is 0 Å². The largest absolute Gasteiger partial charge is 0.345 e. The highest BCUT2D eigenvalue weighted by atomic mass is 32.2. The molecular formula is C11H10N2O5S. The summed E-state index contributed by atoms with van der Waals surface area (Å²) in [7, 11) is -3.28. The van der Waals surface area contributed by atoms with E-state index in [2.05, 4.69) is 5.32 Å². The number of amides is 1. The molecule has 1 aromatic rings. The minimum Gasteiger partial charge on any atom is -0.345 e. The number of nitro groups is 1. The van der Waals surface area contributed by atoms with Gasteiger partial charge in [0.1, 0.15) is 5.56 Å². The predicted octanol–water partition coefficient (Wildman–Crippen LogP) is 0.635. The number of hydrogen-bond donors (Lipinski definition) is 1. The van der Waals surface area contributed by atoms with Gasteiger partial charge in [0, 0.05) is 11.5 Å². The Morgan fingerprint density at radius 1 is 1.37 bits per heavy atom. The van der Waals surface area contributed by atoms with Crippen molar-refractivity contribution in [1.82, 2.24) is 5.32 Å². The van der Waals surface area contributed by atoms with E-state index in [-0.39, 0.29) is 17.0 Å². The van der Waals surface area contributed by atoms with Crippen LogP contribution in [0.3, 0.4) is 0 Å². The van der Waals surface area contributed by atoms with Crippen molar-refractivity contribution < 1.29 is 18.1 Å². The third-order valence-electron chi connectivity index (χ3n) is 2.59. The molecule has 100 valence electrons. The van der Waals surface area contributed by atoms with Gasteiger partial charge in [-0.2, -0.15) is 0 Å². The van der Waals surface area contributed by atoms with Crippen molar-refractivity contribution in [2.45, 2.75) is 6.04 Å². The first-order valence-corrected chi connectivity index (χ1v) is 7.06. The van der Waals surface area contributed by atoms with Gasteiger partial charge in [-0.05, 0) is 12.1 Å². The summed E-state index contributed by atoms with van der Waals surface area (Å²) in [6.45, 7) is 0. The summed E-state index contributed by atoms with van der Waals surface area (Å²) in [6.07, 6.45) is 1.35. The number of nitrogens with zero attached hydrogens (tertiary/aromatic N) is 1. The summed E-state index contributed by atoms with van der Waals surface area (Å²) in [5, 5.41) is 14.2. The fraction of sp³-hybridized carbons (Fsp3) is 0.182. The molecule has 1 aromatic carbocycles. The molecule has 2 rings (SSSR count). The normalized spacial score (nSPS) is 20.1. The first-order valence-electron chi connectivity index (χ1n) is 5.34. The highest BCUT2D eigenvalue weighted by Crippen LogP contribution is 2.18. The number of rotatable bonds is 3. The first kappa shape index (κ1) is 13.2. The van der Waals surface area contributed by atoms with Crippen LogP contribution < -0.4 is 5.32 Å². The van der Waals surface area contributed by atoms with Crippen LogP contribution in [0.2, 0.25) is 0 Å². The minimum atomic E-state index is -3.28. The molecule has 19 heavy (non-hydrogen) atoms. The number of para-hydroxylation sites is 1. The third-order valence-corrected chi connectivity index (χ3v) is 3.99. The van der Waals surface area contributed by atoms with Crippen molar-refractivity contribution in [3.8, 4) is 0 Å². The molecule has 0 bridgehead atoms. The molecule has 1 aliphatic heterocycles.